The van der Waals surface area contributed by atoms with E-state index in [1.165, 1.54) is 7.05 Å². The average molecular weight is 253 g/mol. The highest BCUT2D eigenvalue weighted by atomic mass is 16.6. The molecule has 0 atom stereocenters. The molecule has 0 aliphatic rings. The summed E-state index contributed by atoms with van der Waals surface area (Å²) in [5.41, 5.74) is 4.52. The Labute approximate surface area is 102 Å². The summed E-state index contributed by atoms with van der Waals surface area (Å²) in [6, 6.07) is 1.06. The van der Waals surface area contributed by atoms with Crippen LogP contribution in [-0.2, 0) is 4.79 Å². The highest BCUT2D eigenvalue weighted by Gasteiger charge is 2.17. The Hall–Kier alpha value is -2.71. The third kappa shape index (κ3) is 3.14. The molecule has 0 saturated heterocycles. The molecule has 0 saturated carbocycles. The number of hydrogen-bond acceptors (Lipinski definition) is 6. The standard InChI is InChI=1S/C9H11N5O4/c1-11-8-6(9(16)13-4-7(10)15)2-5(3-12-8)14(17)18/h2-3H,4H2,1H3,(H2,10,15)(H,11,12)(H,13,16). The number of carbonyl (C=O) groups excluding carboxylic acids is 2. The number of carbonyl (C=O) groups is 2. The van der Waals surface area contributed by atoms with E-state index in [-0.39, 0.29) is 23.6 Å². The molecular formula is C9H11N5O4. The van der Waals surface area contributed by atoms with Gasteiger partial charge in [-0.2, -0.15) is 0 Å². The monoisotopic (exact) mass is 253 g/mol. The van der Waals surface area contributed by atoms with Crippen molar-refractivity contribution in [2.24, 2.45) is 5.73 Å². The molecule has 9 nitrogen and oxygen atoms in total. The van der Waals surface area contributed by atoms with Crippen LogP contribution in [0.4, 0.5) is 11.5 Å². The Morgan fingerprint density at radius 3 is 2.72 bits per heavy atom. The van der Waals surface area contributed by atoms with Crippen LogP contribution in [0.3, 0.4) is 0 Å². The number of anilines is 1. The van der Waals surface area contributed by atoms with Gasteiger partial charge in [-0.15, -0.1) is 0 Å². The maximum absolute atomic E-state index is 11.7. The van der Waals surface area contributed by atoms with Crippen molar-refractivity contribution >= 4 is 23.3 Å². The first-order valence-corrected chi connectivity index (χ1v) is 4.84. The van der Waals surface area contributed by atoms with E-state index in [2.05, 4.69) is 15.6 Å². The minimum atomic E-state index is -0.715. The maximum Gasteiger partial charge on any atom is 0.288 e. The summed E-state index contributed by atoms with van der Waals surface area (Å²) in [5, 5.41) is 15.4. The van der Waals surface area contributed by atoms with E-state index < -0.39 is 16.7 Å². The molecule has 1 heterocycles. The van der Waals surface area contributed by atoms with Crippen LogP contribution in [0.25, 0.3) is 0 Å². The minimum absolute atomic E-state index is 0.0343. The van der Waals surface area contributed by atoms with E-state index in [1.807, 2.05) is 0 Å². The second-order valence-corrected chi connectivity index (χ2v) is 3.25. The zero-order chi connectivity index (χ0) is 13.7. The quantitative estimate of drug-likeness (QED) is 0.465. The van der Waals surface area contributed by atoms with Crippen LogP contribution in [-0.4, -0.2) is 35.3 Å². The maximum atomic E-state index is 11.7. The van der Waals surface area contributed by atoms with Crippen molar-refractivity contribution in [1.82, 2.24) is 10.3 Å². The highest BCUT2D eigenvalue weighted by molar-refractivity contribution is 6.00. The summed E-state index contributed by atoms with van der Waals surface area (Å²) in [5.74, 6) is -1.22. The number of nitrogens with zero attached hydrogens (tertiary/aromatic N) is 2. The Balaban J connectivity index is 3.03. The number of pyridine rings is 1. The van der Waals surface area contributed by atoms with Gasteiger partial charge in [-0.1, -0.05) is 0 Å². The van der Waals surface area contributed by atoms with Crippen molar-refractivity contribution in [3.63, 3.8) is 0 Å². The summed E-state index contributed by atoms with van der Waals surface area (Å²) < 4.78 is 0. The van der Waals surface area contributed by atoms with Crippen molar-refractivity contribution in [2.75, 3.05) is 18.9 Å². The largest absolute Gasteiger partial charge is 0.372 e. The zero-order valence-electron chi connectivity index (χ0n) is 9.47. The molecule has 0 spiro atoms. The summed E-state index contributed by atoms with van der Waals surface area (Å²) in [6.07, 6.45) is 1.02. The SMILES string of the molecule is CNc1ncc([N+](=O)[O-])cc1C(=O)NCC(N)=O. The minimum Gasteiger partial charge on any atom is -0.372 e. The molecule has 9 heteroatoms. The topological polar surface area (TPSA) is 140 Å². The Morgan fingerprint density at radius 1 is 1.56 bits per heavy atom. The van der Waals surface area contributed by atoms with Crippen molar-refractivity contribution in [3.05, 3.63) is 27.9 Å². The first-order chi connectivity index (χ1) is 8.45. The van der Waals surface area contributed by atoms with E-state index in [0.29, 0.717) is 0 Å². The van der Waals surface area contributed by atoms with Gasteiger partial charge in [-0.3, -0.25) is 19.7 Å². The predicted octanol–water partition coefficient (Wildman–Crippen LogP) is -0.753. The first-order valence-electron chi connectivity index (χ1n) is 4.84. The van der Waals surface area contributed by atoms with Gasteiger partial charge < -0.3 is 16.4 Å². The third-order valence-electron chi connectivity index (χ3n) is 1.99. The molecule has 4 N–H and O–H groups in total. The number of primary amides is 1. The van der Waals surface area contributed by atoms with Gasteiger partial charge in [0.1, 0.15) is 12.0 Å². The van der Waals surface area contributed by atoms with E-state index in [0.717, 1.165) is 12.3 Å². The molecule has 96 valence electrons. The van der Waals surface area contributed by atoms with Crippen LogP contribution in [0.15, 0.2) is 12.3 Å². The van der Waals surface area contributed by atoms with Gasteiger partial charge in [-0.25, -0.2) is 4.98 Å². The molecule has 1 aromatic heterocycles. The Bertz CT molecular complexity index is 502. The molecule has 0 aliphatic carbocycles. The van der Waals surface area contributed by atoms with Crippen molar-refractivity contribution in [2.45, 2.75) is 0 Å². The van der Waals surface area contributed by atoms with E-state index in [9.17, 15) is 19.7 Å². The van der Waals surface area contributed by atoms with E-state index in [1.54, 1.807) is 0 Å². The lowest BCUT2D eigenvalue weighted by Gasteiger charge is -2.07. The molecule has 0 fully saturated rings. The lowest BCUT2D eigenvalue weighted by atomic mass is 10.2. The predicted molar refractivity (Wildman–Crippen MR) is 62.0 cm³/mol. The fraction of sp³-hybridized carbons (Fsp3) is 0.222. The molecule has 0 radical (unpaired) electrons. The second kappa shape index (κ2) is 5.57. The van der Waals surface area contributed by atoms with E-state index in [4.69, 9.17) is 5.73 Å². The van der Waals surface area contributed by atoms with Crippen LogP contribution >= 0.6 is 0 Å². The lowest BCUT2D eigenvalue weighted by Crippen LogP contribution is -2.33. The molecule has 0 bridgehead atoms. The Morgan fingerprint density at radius 2 is 2.22 bits per heavy atom. The number of hydrogen-bond donors (Lipinski definition) is 3. The normalized spacial score (nSPS) is 9.61. The molecule has 18 heavy (non-hydrogen) atoms. The van der Waals surface area contributed by atoms with Gasteiger partial charge in [0, 0.05) is 13.1 Å². The van der Waals surface area contributed by atoms with Crippen LogP contribution in [0.2, 0.25) is 0 Å². The fourth-order valence-corrected chi connectivity index (χ4v) is 1.19. The molecule has 1 aromatic rings. The van der Waals surface area contributed by atoms with Gasteiger partial charge in [0.2, 0.25) is 5.91 Å². The summed E-state index contributed by atoms with van der Waals surface area (Å²) >= 11 is 0. The molecular weight excluding hydrogens is 242 g/mol. The first kappa shape index (κ1) is 13.4. The Kier molecular flexibility index (Phi) is 4.13. The van der Waals surface area contributed by atoms with E-state index >= 15 is 0 Å². The van der Waals surface area contributed by atoms with Gasteiger partial charge in [0.25, 0.3) is 11.6 Å². The summed E-state index contributed by atoms with van der Waals surface area (Å²) in [6.45, 7) is -0.356. The molecule has 0 unspecified atom stereocenters. The van der Waals surface area contributed by atoms with Gasteiger partial charge in [-0.05, 0) is 0 Å². The van der Waals surface area contributed by atoms with Gasteiger partial charge >= 0.3 is 0 Å². The van der Waals surface area contributed by atoms with Crippen LogP contribution in [0.1, 0.15) is 10.4 Å². The summed E-state index contributed by atoms with van der Waals surface area (Å²) in [4.78, 5) is 35.9. The third-order valence-corrected chi connectivity index (χ3v) is 1.99. The highest BCUT2D eigenvalue weighted by Crippen LogP contribution is 2.18. The molecule has 0 aliphatic heterocycles. The van der Waals surface area contributed by atoms with Crippen molar-refractivity contribution < 1.29 is 14.5 Å². The van der Waals surface area contributed by atoms with Crippen molar-refractivity contribution in [3.8, 4) is 0 Å². The number of amides is 2. The number of nitrogens with two attached hydrogens (primary N) is 1. The molecule has 2 amide bonds. The lowest BCUT2D eigenvalue weighted by molar-refractivity contribution is -0.385. The smallest absolute Gasteiger partial charge is 0.288 e. The summed E-state index contributed by atoms with van der Waals surface area (Å²) in [7, 11) is 1.51. The molecule has 1 rings (SSSR count). The zero-order valence-corrected chi connectivity index (χ0v) is 9.47. The number of aromatic nitrogens is 1. The van der Waals surface area contributed by atoms with Gasteiger partial charge in [0.05, 0.1) is 17.0 Å². The number of nitrogens with one attached hydrogen (secondary N) is 2. The second-order valence-electron chi connectivity index (χ2n) is 3.25. The average Bonchev–Trinajstić information content (AvgIpc) is 2.34. The van der Waals surface area contributed by atoms with Crippen LogP contribution < -0.4 is 16.4 Å². The molecule has 0 aromatic carbocycles. The van der Waals surface area contributed by atoms with Crippen LogP contribution in [0, 0.1) is 10.1 Å². The van der Waals surface area contributed by atoms with Crippen LogP contribution in [0.5, 0.6) is 0 Å². The fourth-order valence-electron chi connectivity index (χ4n) is 1.19. The van der Waals surface area contributed by atoms with Crippen molar-refractivity contribution in [1.29, 1.82) is 0 Å². The number of rotatable bonds is 5. The van der Waals surface area contributed by atoms with Gasteiger partial charge in [0.15, 0.2) is 0 Å². The number of nitro groups is 1.